The SMILES string of the molecule is [K+].[O-]OI. The monoisotopic (exact) mass is 198 g/mol. The van der Waals surface area contributed by atoms with Crippen LogP contribution in [0.2, 0.25) is 0 Å². The molecule has 0 aliphatic heterocycles. The molecular formula is IKO2. The largest absolute Gasteiger partial charge is 1.00 e. The Hall–Kier alpha value is 2.29. The molecular weight excluding hydrogens is 198 g/mol. The van der Waals surface area contributed by atoms with Crippen molar-refractivity contribution in [3.8, 4) is 0 Å². The van der Waals surface area contributed by atoms with Crippen molar-refractivity contribution in [2.24, 2.45) is 0 Å². The molecule has 4 heavy (non-hydrogen) atoms. The molecule has 0 aliphatic carbocycles. The van der Waals surface area contributed by atoms with E-state index in [4.69, 9.17) is 5.26 Å². The van der Waals surface area contributed by atoms with Crippen molar-refractivity contribution >= 4 is 23.0 Å². The van der Waals surface area contributed by atoms with E-state index in [1.54, 1.807) is 0 Å². The normalized spacial score (nSPS) is 4.50. The topological polar surface area (TPSA) is 32.3 Å². The zero-order valence-corrected chi connectivity index (χ0v) is 7.48. The molecule has 0 spiro atoms. The van der Waals surface area contributed by atoms with Crippen molar-refractivity contribution in [1.82, 2.24) is 0 Å². The minimum atomic E-state index is 0. The maximum absolute atomic E-state index is 8.42. The molecule has 0 fully saturated rings. The molecule has 0 atom stereocenters. The Bertz CT molecular complexity index is 6.00. The van der Waals surface area contributed by atoms with Gasteiger partial charge in [0.2, 0.25) is 0 Å². The third-order valence-electron chi connectivity index (χ3n) is 0. The van der Waals surface area contributed by atoms with E-state index in [0.29, 0.717) is 0 Å². The van der Waals surface area contributed by atoms with E-state index < -0.39 is 0 Å². The van der Waals surface area contributed by atoms with Gasteiger partial charge in [-0.1, -0.05) is 0 Å². The van der Waals surface area contributed by atoms with Gasteiger partial charge in [0.1, 0.15) is 0 Å². The quantitative estimate of drug-likeness (QED) is 0.176. The van der Waals surface area contributed by atoms with Crippen LogP contribution in [0.25, 0.3) is 0 Å². The van der Waals surface area contributed by atoms with Crippen LogP contribution in [0.5, 0.6) is 0 Å². The molecule has 0 rings (SSSR count). The number of hydrogen-bond acceptors (Lipinski definition) is 2. The first-order chi connectivity index (χ1) is 1.41. The van der Waals surface area contributed by atoms with Crippen LogP contribution in [0, 0.1) is 0 Å². The third-order valence-corrected chi connectivity index (χ3v) is 0. The second-order valence-electron chi connectivity index (χ2n) is 0.0630. The van der Waals surface area contributed by atoms with Gasteiger partial charge in [0.15, 0.2) is 0 Å². The van der Waals surface area contributed by atoms with Crippen LogP contribution in [-0.4, -0.2) is 0 Å². The maximum Gasteiger partial charge on any atom is 1.00 e. The molecule has 4 heteroatoms. The van der Waals surface area contributed by atoms with Gasteiger partial charge in [-0.25, -0.2) is 0 Å². The number of hydrogen-bond donors (Lipinski definition) is 0. The molecule has 20 valence electrons. The van der Waals surface area contributed by atoms with Gasteiger partial charge in [0.25, 0.3) is 0 Å². The van der Waals surface area contributed by atoms with Gasteiger partial charge in [-0.3, -0.25) is 0 Å². The van der Waals surface area contributed by atoms with Gasteiger partial charge in [-0.2, -0.15) is 0 Å². The smallest absolute Gasteiger partial charge is 0.713 e. The molecule has 0 aromatic carbocycles. The van der Waals surface area contributed by atoms with Crippen molar-refractivity contribution < 1.29 is 59.9 Å². The molecule has 0 saturated carbocycles. The third kappa shape index (κ3) is 8.86. The van der Waals surface area contributed by atoms with E-state index in [1.807, 2.05) is 0 Å². The second kappa shape index (κ2) is 8.99. The standard InChI is InChI=1S/HIO2.K/c1-3-2;/h2H;/q;+1/p-1. The van der Waals surface area contributed by atoms with Crippen molar-refractivity contribution in [1.29, 1.82) is 0 Å². The van der Waals surface area contributed by atoms with E-state index in [2.05, 4.69) is 3.22 Å². The number of rotatable bonds is 0. The molecule has 0 amide bonds. The Kier molecular flexibility index (Phi) is 21.5. The Labute approximate surface area is 80.9 Å². The van der Waals surface area contributed by atoms with Crippen LogP contribution >= 0.6 is 23.0 Å². The second-order valence-corrected chi connectivity index (χ2v) is 0.423. The Morgan fingerprint density at radius 2 is 1.75 bits per heavy atom. The van der Waals surface area contributed by atoms with Crippen LogP contribution in [0.1, 0.15) is 0 Å². The molecule has 0 bridgehead atoms. The first-order valence-electron chi connectivity index (χ1n) is 0.321. The summed E-state index contributed by atoms with van der Waals surface area (Å²) in [4.78, 5) is 0. The van der Waals surface area contributed by atoms with Crippen LogP contribution in [0.4, 0.5) is 0 Å². The average molecular weight is 198 g/mol. The molecule has 0 heterocycles. The van der Waals surface area contributed by atoms with E-state index in [9.17, 15) is 0 Å². The van der Waals surface area contributed by atoms with Crippen LogP contribution in [0.15, 0.2) is 0 Å². The zero-order valence-electron chi connectivity index (χ0n) is 2.19. The predicted molar refractivity (Wildman–Crippen MR) is 15.1 cm³/mol. The molecule has 0 saturated heterocycles. The molecule has 0 N–H and O–H groups in total. The fourth-order valence-electron chi connectivity index (χ4n) is 0. The minimum Gasteiger partial charge on any atom is -0.713 e. The van der Waals surface area contributed by atoms with Crippen LogP contribution < -0.4 is 56.6 Å². The van der Waals surface area contributed by atoms with E-state index >= 15 is 0 Å². The average Bonchev–Trinajstić information content (AvgIpc) is 0.918. The Balaban J connectivity index is 0. The first kappa shape index (κ1) is 9.56. The van der Waals surface area contributed by atoms with Gasteiger partial charge < -0.3 is 8.47 Å². The van der Waals surface area contributed by atoms with Crippen molar-refractivity contribution in [3.63, 3.8) is 0 Å². The Morgan fingerprint density at radius 1 is 1.75 bits per heavy atom. The van der Waals surface area contributed by atoms with E-state index in [0.717, 1.165) is 0 Å². The van der Waals surface area contributed by atoms with Gasteiger partial charge in [0.05, 0.1) is 23.0 Å². The van der Waals surface area contributed by atoms with Gasteiger partial charge in [0, 0.05) is 0 Å². The van der Waals surface area contributed by atoms with Crippen molar-refractivity contribution in [3.05, 3.63) is 0 Å². The Morgan fingerprint density at radius 3 is 1.75 bits per heavy atom. The summed E-state index contributed by atoms with van der Waals surface area (Å²) in [7, 11) is 0. The summed E-state index contributed by atoms with van der Waals surface area (Å²) in [6, 6.07) is 0. The summed E-state index contributed by atoms with van der Waals surface area (Å²) >= 11 is 1.23. The predicted octanol–water partition coefficient (Wildman–Crippen LogP) is -3.37. The summed E-state index contributed by atoms with van der Waals surface area (Å²) in [5, 5.41) is 8.42. The van der Waals surface area contributed by atoms with E-state index in [1.165, 1.54) is 23.0 Å². The van der Waals surface area contributed by atoms with Crippen LogP contribution in [-0.2, 0) is 3.22 Å². The van der Waals surface area contributed by atoms with Crippen LogP contribution in [0.3, 0.4) is 0 Å². The fourth-order valence-corrected chi connectivity index (χ4v) is 0. The molecule has 0 aromatic rings. The fraction of sp³-hybridized carbons (Fsp3) is 0. The summed E-state index contributed by atoms with van der Waals surface area (Å²) < 4.78 is 2.97. The van der Waals surface area contributed by atoms with Crippen molar-refractivity contribution in [2.45, 2.75) is 0 Å². The number of halogens is 1. The first-order valence-corrected chi connectivity index (χ1v) is 1.20. The van der Waals surface area contributed by atoms with Gasteiger partial charge in [-0.15, -0.1) is 0 Å². The van der Waals surface area contributed by atoms with Crippen molar-refractivity contribution in [2.75, 3.05) is 0 Å². The summed E-state index contributed by atoms with van der Waals surface area (Å²) in [5.74, 6) is 0. The maximum atomic E-state index is 8.42. The zero-order chi connectivity index (χ0) is 2.71. The molecule has 0 radical (unpaired) electrons. The molecule has 0 unspecified atom stereocenters. The summed E-state index contributed by atoms with van der Waals surface area (Å²) in [6.45, 7) is 0. The molecule has 0 aliphatic rings. The minimum absolute atomic E-state index is 0. The van der Waals surface area contributed by atoms with Gasteiger partial charge in [-0.05, 0) is 0 Å². The summed E-state index contributed by atoms with van der Waals surface area (Å²) in [5.41, 5.74) is 0. The summed E-state index contributed by atoms with van der Waals surface area (Å²) in [6.07, 6.45) is 0. The van der Waals surface area contributed by atoms with E-state index in [-0.39, 0.29) is 51.4 Å². The molecule has 0 aromatic heterocycles. The van der Waals surface area contributed by atoms with Gasteiger partial charge >= 0.3 is 51.4 Å². The molecule has 2 nitrogen and oxygen atoms in total.